The SMILES string of the molecule is CC(=O)Nc1cc(-c2ccccc2)nn(CC(=O)Nc2ccccc2Cl)c1=O. The largest absolute Gasteiger partial charge is 0.323 e. The van der Waals surface area contributed by atoms with Crippen molar-refractivity contribution in [3.05, 3.63) is 76.0 Å². The van der Waals surface area contributed by atoms with Crippen LogP contribution in [0.1, 0.15) is 6.92 Å². The molecule has 0 aliphatic carbocycles. The Kier molecular flexibility index (Phi) is 5.86. The summed E-state index contributed by atoms with van der Waals surface area (Å²) in [4.78, 5) is 36.5. The maximum atomic E-state index is 12.6. The molecule has 1 aromatic heterocycles. The van der Waals surface area contributed by atoms with Gasteiger partial charge >= 0.3 is 0 Å². The maximum absolute atomic E-state index is 12.6. The molecule has 0 fully saturated rings. The van der Waals surface area contributed by atoms with Crippen LogP contribution < -0.4 is 16.2 Å². The number of para-hydroxylation sites is 1. The van der Waals surface area contributed by atoms with Crippen LogP contribution in [0.2, 0.25) is 5.02 Å². The third kappa shape index (κ3) is 4.63. The fourth-order valence-corrected chi connectivity index (χ4v) is 2.75. The Bertz CT molecular complexity index is 1080. The lowest BCUT2D eigenvalue weighted by molar-refractivity contribution is -0.117. The second-order valence-electron chi connectivity index (χ2n) is 5.98. The van der Waals surface area contributed by atoms with Crippen LogP contribution in [0.15, 0.2) is 65.5 Å². The lowest BCUT2D eigenvalue weighted by atomic mass is 10.1. The highest BCUT2D eigenvalue weighted by Gasteiger charge is 2.14. The van der Waals surface area contributed by atoms with E-state index in [0.29, 0.717) is 16.4 Å². The molecule has 3 rings (SSSR count). The maximum Gasteiger partial charge on any atom is 0.291 e. The smallest absolute Gasteiger partial charge is 0.291 e. The summed E-state index contributed by atoms with van der Waals surface area (Å²) in [7, 11) is 0. The van der Waals surface area contributed by atoms with Crippen molar-refractivity contribution in [1.82, 2.24) is 9.78 Å². The Morgan fingerprint density at radius 3 is 2.36 bits per heavy atom. The molecule has 0 radical (unpaired) electrons. The van der Waals surface area contributed by atoms with Gasteiger partial charge in [-0.2, -0.15) is 5.10 Å². The van der Waals surface area contributed by atoms with Gasteiger partial charge in [0.15, 0.2) is 0 Å². The van der Waals surface area contributed by atoms with E-state index >= 15 is 0 Å². The van der Waals surface area contributed by atoms with E-state index < -0.39 is 17.4 Å². The Morgan fingerprint density at radius 2 is 1.68 bits per heavy atom. The van der Waals surface area contributed by atoms with Gasteiger partial charge in [0.2, 0.25) is 11.8 Å². The second-order valence-corrected chi connectivity index (χ2v) is 6.39. The van der Waals surface area contributed by atoms with E-state index in [4.69, 9.17) is 11.6 Å². The van der Waals surface area contributed by atoms with Gasteiger partial charge < -0.3 is 10.6 Å². The standard InChI is InChI=1S/C20H17ClN4O3/c1-13(26)22-18-11-17(14-7-3-2-4-8-14)24-25(20(18)28)12-19(27)23-16-10-6-5-9-15(16)21/h2-11H,12H2,1H3,(H,22,26)(H,23,27). The molecule has 1 heterocycles. The highest BCUT2D eigenvalue weighted by molar-refractivity contribution is 6.33. The van der Waals surface area contributed by atoms with Crippen LogP contribution in [-0.4, -0.2) is 21.6 Å². The molecule has 0 atom stereocenters. The summed E-state index contributed by atoms with van der Waals surface area (Å²) < 4.78 is 1.01. The number of benzene rings is 2. The highest BCUT2D eigenvalue weighted by Crippen LogP contribution is 2.21. The summed E-state index contributed by atoms with van der Waals surface area (Å²) in [6.45, 7) is 0.966. The van der Waals surface area contributed by atoms with Crippen molar-refractivity contribution in [2.24, 2.45) is 0 Å². The number of hydrogen-bond acceptors (Lipinski definition) is 4. The lowest BCUT2D eigenvalue weighted by Crippen LogP contribution is -2.32. The summed E-state index contributed by atoms with van der Waals surface area (Å²) in [5, 5.41) is 9.79. The number of carbonyl (C=O) groups excluding carboxylic acids is 2. The first-order valence-electron chi connectivity index (χ1n) is 8.43. The number of nitrogens with one attached hydrogen (secondary N) is 2. The van der Waals surface area contributed by atoms with E-state index in [1.165, 1.54) is 13.0 Å². The molecule has 2 amide bonds. The predicted molar refractivity (Wildman–Crippen MR) is 108 cm³/mol. The number of rotatable bonds is 5. The molecule has 0 aliphatic heterocycles. The molecular weight excluding hydrogens is 380 g/mol. The van der Waals surface area contributed by atoms with Gasteiger partial charge in [-0.05, 0) is 18.2 Å². The molecule has 8 heteroatoms. The number of amides is 2. The van der Waals surface area contributed by atoms with E-state index in [-0.39, 0.29) is 12.2 Å². The molecule has 2 aromatic carbocycles. The highest BCUT2D eigenvalue weighted by atomic mass is 35.5. The van der Waals surface area contributed by atoms with Gasteiger partial charge in [-0.15, -0.1) is 0 Å². The minimum Gasteiger partial charge on any atom is -0.323 e. The van der Waals surface area contributed by atoms with Crippen LogP contribution in [0.4, 0.5) is 11.4 Å². The summed E-state index contributed by atoms with van der Waals surface area (Å²) >= 11 is 6.04. The van der Waals surface area contributed by atoms with E-state index in [1.54, 1.807) is 24.3 Å². The van der Waals surface area contributed by atoms with Crippen LogP contribution in [0, 0.1) is 0 Å². The Morgan fingerprint density at radius 1 is 1.00 bits per heavy atom. The van der Waals surface area contributed by atoms with Gasteiger partial charge in [-0.3, -0.25) is 14.4 Å². The van der Waals surface area contributed by atoms with Crippen LogP contribution in [-0.2, 0) is 16.1 Å². The van der Waals surface area contributed by atoms with Gasteiger partial charge in [0, 0.05) is 12.5 Å². The zero-order chi connectivity index (χ0) is 20.1. The monoisotopic (exact) mass is 396 g/mol. The lowest BCUT2D eigenvalue weighted by Gasteiger charge is -2.12. The molecule has 142 valence electrons. The fraction of sp³-hybridized carbons (Fsp3) is 0.100. The molecule has 0 saturated heterocycles. The van der Waals surface area contributed by atoms with Crippen LogP contribution in [0.3, 0.4) is 0 Å². The zero-order valence-corrected chi connectivity index (χ0v) is 15.7. The van der Waals surface area contributed by atoms with E-state index in [2.05, 4.69) is 15.7 Å². The number of anilines is 2. The van der Waals surface area contributed by atoms with Crippen molar-refractivity contribution in [3.63, 3.8) is 0 Å². The average molecular weight is 397 g/mol. The van der Waals surface area contributed by atoms with E-state index in [0.717, 1.165) is 10.2 Å². The van der Waals surface area contributed by atoms with E-state index in [9.17, 15) is 14.4 Å². The molecular formula is C20H17ClN4O3. The number of aromatic nitrogens is 2. The first-order valence-corrected chi connectivity index (χ1v) is 8.81. The number of carbonyl (C=O) groups is 2. The molecule has 0 bridgehead atoms. The average Bonchev–Trinajstić information content (AvgIpc) is 2.67. The third-order valence-electron chi connectivity index (χ3n) is 3.80. The number of halogens is 1. The van der Waals surface area contributed by atoms with Gasteiger partial charge in [0.25, 0.3) is 5.56 Å². The summed E-state index contributed by atoms with van der Waals surface area (Å²) in [5.41, 5.74) is 1.10. The predicted octanol–water partition coefficient (Wildman–Crippen LogP) is 3.16. The fourth-order valence-electron chi connectivity index (χ4n) is 2.57. The quantitative estimate of drug-likeness (QED) is 0.692. The number of nitrogens with zero attached hydrogens (tertiary/aromatic N) is 2. The van der Waals surface area contributed by atoms with Crippen molar-refractivity contribution in [1.29, 1.82) is 0 Å². The van der Waals surface area contributed by atoms with Crippen molar-refractivity contribution < 1.29 is 9.59 Å². The Hall–Kier alpha value is -3.45. The molecule has 0 aliphatic rings. The van der Waals surface area contributed by atoms with Gasteiger partial charge in [0.1, 0.15) is 12.2 Å². The van der Waals surface area contributed by atoms with Crippen molar-refractivity contribution in [2.75, 3.05) is 10.6 Å². The minimum absolute atomic E-state index is 0.0481. The summed E-state index contributed by atoms with van der Waals surface area (Å²) in [6, 6.07) is 17.4. The topological polar surface area (TPSA) is 93.1 Å². The molecule has 3 aromatic rings. The van der Waals surface area contributed by atoms with Gasteiger partial charge in [-0.1, -0.05) is 54.1 Å². The number of hydrogen-bond donors (Lipinski definition) is 2. The first kappa shape index (κ1) is 19.3. The summed E-state index contributed by atoms with van der Waals surface area (Å²) in [6.07, 6.45) is 0. The molecule has 7 nitrogen and oxygen atoms in total. The third-order valence-corrected chi connectivity index (χ3v) is 4.13. The molecule has 0 spiro atoms. The minimum atomic E-state index is -0.579. The van der Waals surface area contributed by atoms with Crippen molar-refractivity contribution in [3.8, 4) is 11.3 Å². The van der Waals surface area contributed by atoms with Crippen LogP contribution in [0.25, 0.3) is 11.3 Å². The van der Waals surface area contributed by atoms with Crippen LogP contribution in [0.5, 0.6) is 0 Å². The molecule has 2 N–H and O–H groups in total. The van der Waals surface area contributed by atoms with Gasteiger partial charge in [-0.25, -0.2) is 4.68 Å². The molecule has 0 saturated carbocycles. The van der Waals surface area contributed by atoms with Crippen molar-refractivity contribution in [2.45, 2.75) is 13.5 Å². The Balaban J connectivity index is 1.94. The normalized spacial score (nSPS) is 10.4. The molecule has 28 heavy (non-hydrogen) atoms. The van der Waals surface area contributed by atoms with Crippen LogP contribution >= 0.6 is 11.6 Å². The first-order chi connectivity index (χ1) is 13.4. The van der Waals surface area contributed by atoms with Gasteiger partial charge in [0.05, 0.1) is 16.4 Å². The zero-order valence-electron chi connectivity index (χ0n) is 15.0. The Labute approximate surface area is 166 Å². The van der Waals surface area contributed by atoms with Crippen molar-refractivity contribution >= 4 is 34.8 Å². The van der Waals surface area contributed by atoms with E-state index in [1.807, 2.05) is 30.3 Å². The molecule has 0 unspecified atom stereocenters. The second kappa shape index (κ2) is 8.49. The summed E-state index contributed by atoms with van der Waals surface area (Å²) in [5.74, 6) is -0.865.